The summed E-state index contributed by atoms with van der Waals surface area (Å²) in [5.74, 6) is -0.753. The topological polar surface area (TPSA) is 58.6 Å². The van der Waals surface area contributed by atoms with E-state index in [1.807, 2.05) is 38.1 Å². The van der Waals surface area contributed by atoms with Crippen molar-refractivity contribution in [2.24, 2.45) is 5.92 Å². The molecule has 1 N–H and O–H groups in total. The van der Waals surface area contributed by atoms with Gasteiger partial charge in [-0.2, -0.15) is 0 Å². The molecular formula is C25H29FN2O3. The number of halogens is 1. The first-order valence-electron chi connectivity index (χ1n) is 10.5. The molecule has 1 aliphatic heterocycles. The molecule has 0 bridgehead atoms. The minimum Gasteiger partial charge on any atom is -0.361 e. The zero-order valence-corrected chi connectivity index (χ0v) is 18.1. The number of hydrogen-bond acceptors (Lipinski definition) is 3. The Morgan fingerprint density at radius 3 is 2.61 bits per heavy atom. The molecule has 0 radical (unpaired) electrons. The summed E-state index contributed by atoms with van der Waals surface area (Å²) in [6, 6.07) is 14.0. The van der Waals surface area contributed by atoms with Crippen molar-refractivity contribution in [3.05, 3.63) is 72.6 Å². The molecule has 1 saturated heterocycles. The molecule has 164 valence electrons. The van der Waals surface area contributed by atoms with Crippen molar-refractivity contribution in [1.29, 1.82) is 0 Å². The van der Waals surface area contributed by atoms with E-state index in [9.17, 15) is 14.0 Å². The van der Waals surface area contributed by atoms with Gasteiger partial charge >= 0.3 is 0 Å². The zero-order valence-electron chi connectivity index (χ0n) is 18.1. The van der Waals surface area contributed by atoms with E-state index in [-0.39, 0.29) is 43.1 Å². The molecule has 2 amide bonds. The zero-order chi connectivity index (χ0) is 22.4. The highest BCUT2D eigenvalue weighted by molar-refractivity contribution is 5.88. The highest BCUT2D eigenvalue weighted by Gasteiger charge is 2.45. The minimum absolute atomic E-state index is 0.00369. The number of amides is 2. The lowest BCUT2D eigenvalue weighted by Crippen LogP contribution is -2.62. The van der Waals surface area contributed by atoms with Gasteiger partial charge in [0.15, 0.2) is 5.60 Å². The number of carbonyl (C=O) groups excluding carboxylic acids is 2. The van der Waals surface area contributed by atoms with Crippen molar-refractivity contribution in [1.82, 2.24) is 10.2 Å². The summed E-state index contributed by atoms with van der Waals surface area (Å²) in [7, 11) is 0. The third kappa shape index (κ3) is 5.20. The fourth-order valence-corrected chi connectivity index (χ4v) is 3.88. The van der Waals surface area contributed by atoms with E-state index < -0.39 is 5.60 Å². The number of hydrogen-bond donors (Lipinski definition) is 1. The van der Waals surface area contributed by atoms with Crippen LogP contribution in [0.3, 0.4) is 0 Å². The van der Waals surface area contributed by atoms with E-state index >= 15 is 0 Å². The molecule has 6 heteroatoms. The predicted octanol–water partition coefficient (Wildman–Crippen LogP) is 3.59. The van der Waals surface area contributed by atoms with Gasteiger partial charge in [-0.05, 0) is 28.8 Å². The predicted molar refractivity (Wildman–Crippen MR) is 119 cm³/mol. The van der Waals surface area contributed by atoms with Crippen LogP contribution >= 0.6 is 0 Å². The molecule has 0 aromatic heterocycles. The quantitative estimate of drug-likeness (QED) is 0.691. The van der Waals surface area contributed by atoms with Gasteiger partial charge in [-0.15, -0.1) is 6.58 Å². The normalized spacial score (nSPS) is 18.6. The van der Waals surface area contributed by atoms with Gasteiger partial charge in [-0.25, -0.2) is 4.39 Å². The lowest BCUT2D eigenvalue weighted by Gasteiger charge is -2.42. The third-order valence-electron chi connectivity index (χ3n) is 5.46. The lowest BCUT2D eigenvalue weighted by atomic mass is 9.87. The molecule has 1 atom stereocenters. The van der Waals surface area contributed by atoms with E-state index in [4.69, 9.17) is 4.74 Å². The summed E-state index contributed by atoms with van der Waals surface area (Å²) < 4.78 is 19.5. The number of morpholine rings is 1. The van der Waals surface area contributed by atoms with Gasteiger partial charge in [-0.1, -0.05) is 56.3 Å². The Morgan fingerprint density at radius 1 is 1.23 bits per heavy atom. The second-order valence-electron chi connectivity index (χ2n) is 8.10. The van der Waals surface area contributed by atoms with E-state index in [2.05, 4.69) is 11.9 Å². The maximum atomic E-state index is 13.4. The molecule has 1 aliphatic rings. The average Bonchev–Trinajstić information content (AvgIpc) is 2.78. The fourth-order valence-electron chi connectivity index (χ4n) is 3.88. The molecule has 2 aromatic carbocycles. The van der Waals surface area contributed by atoms with Crippen LogP contribution in [-0.2, 0) is 20.7 Å². The SMILES string of the molecule is C=CCNC(=O)C1(Cc2ccccc2-c2ccc(F)cc2)CN(C(=O)C(C)C)CCO1. The summed E-state index contributed by atoms with van der Waals surface area (Å²) >= 11 is 0. The number of rotatable bonds is 7. The van der Waals surface area contributed by atoms with Crippen molar-refractivity contribution in [3.8, 4) is 11.1 Å². The summed E-state index contributed by atoms with van der Waals surface area (Å²) in [5.41, 5.74) is 1.42. The van der Waals surface area contributed by atoms with Gasteiger partial charge in [0.05, 0.1) is 13.2 Å². The monoisotopic (exact) mass is 424 g/mol. The molecule has 1 unspecified atom stereocenters. The molecule has 2 aromatic rings. The Hall–Kier alpha value is -2.99. The van der Waals surface area contributed by atoms with Gasteiger partial charge in [-0.3, -0.25) is 9.59 Å². The number of benzene rings is 2. The van der Waals surface area contributed by atoms with Crippen molar-refractivity contribution >= 4 is 11.8 Å². The Kier molecular flexibility index (Phi) is 7.23. The van der Waals surface area contributed by atoms with E-state index in [1.54, 1.807) is 23.1 Å². The molecule has 1 fully saturated rings. The summed E-state index contributed by atoms with van der Waals surface area (Å²) in [6.07, 6.45) is 1.89. The lowest BCUT2D eigenvalue weighted by molar-refractivity contribution is -0.167. The van der Waals surface area contributed by atoms with Gasteiger partial charge in [0, 0.05) is 25.4 Å². The first kappa shape index (κ1) is 22.7. The second-order valence-corrected chi connectivity index (χ2v) is 8.10. The van der Waals surface area contributed by atoms with Crippen LogP contribution < -0.4 is 5.32 Å². The first-order chi connectivity index (χ1) is 14.9. The number of nitrogens with zero attached hydrogens (tertiary/aromatic N) is 1. The largest absolute Gasteiger partial charge is 0.361 e. The fraction of sp³-hybridized carbons (Fsp3) is 0.360. The molecular weight excluding hydrogens is 395 g/mol. The highest BCUT2D eigenvalue weighted by Crippen LogP contribution is 2.31. The molecule has 0 aliphatic carbocycles. The second kappa shape index (κ2) is 9.88. The van der Waals surface area contributed by atoms with Crippen LogP contribution in [0.25, 0.3) is 11.1 Å². The number of nitrogens with one attached hydrogen (secondary N) is 1. The average molecular weight is 425 g/mol. The van der Waals surface area contributed by atoms with Crippen LogP contribution in [0.4, 0.5) is 4.39 Å². The van der Waals surface area contributed by atoms with Crippen LogP contribution in [0.1, 0.15) is 19.4 Å². The van der Waals surface area contributed by atoms with Crippen molar-refractivity contribution in [2.75, 3.05) is 26.2 Å². The van der Waals surface area contributed by atoms with Crippen LogP contribution in [-0.4, -0.2) is 48.6 Å². The molecule has 1 heterocycles. The van der Waals surface area contributed by atoms with E-state index in [0.717, 1.165) is 16.7 Å². The van der Waals surface area contributed by atoms with Crippen molar-refractivity contribution in [3.63, 3.8) is 0 Å². The smallest absolute Gasteiger partial charge is 0.254 e. The van der Waals surface area contributed by atoms with Crippen molar-refractivity contribution in [2.45, 2.75) is 25.9 Å². The maximum Gasteiger partial charge on any atom is 0.254 e. The maximum absolute atomic E-state index is 13.4. The van der Waals surface area contributed by atoms with Gasteiger partial charge in [0.1, 0.15) is 5.82 Å². The summed E-state index contributed by atoms with van der Waals surface area (Å²) in [4.78, 5) is 27.6. The Labute approximate surface area is 182 Å². The van der Waals surface area contributed by atoms with Gasteiger partial charge in [0.25, 0.3) is 5.91 Å². The number of carbonyl (C=O) groups is 2. The molecule has 0 spiro atoms. The Morgan fingerprint density at radius 2 is 1.94 bits per heavy atom. The van der Waals surface area contributed by atoms with Gasteiger partial charge in [0.2, 0.25) is 5.91 Å². The van der Waals surface area contributed by atoms with Crippen molar-refractivity contribution < 1.29 is 18.7 Å². The van der Waals surface area contributed by atoms with Gasteiger partial charge < -0.3 is 15.0 Å². The Bertz CT molecular complexity index is 942. The summed E-state index contributed by atoms with van der Waals surface area (Å²) in [6.45, 7) is 8.56. The summed E-state index contributed by atoms with van der Waals surface area (Å²) in [5, 5.41) is 2.85. The van der Waals surface area contributed by atoms with E-state index in [1.165, 1.54) is 12.1 Å². The number of ether oxygens (including phenoxy) is 1. The van der Waals surface area contributed by atoms with Crippen LogP contribution in [0.5, 0.6) is 0 Å². The first-order valence-corrected chi connectivity index (χ1v) is 10.5. The Balaban J connectivity index is 1.98. The van der Waals surface area contributed by atoms with Crippen LogP contribution in [0, 0.1) is 11.7 Å². The minimum atomic E-state index is -1.22. The third-order valence-corrected chi connectivity index (χ3v) is 5.46. The standard InChI is InChI=1S/C25H29FN2O3/c1-4-13-27-24(30)25(17-28(14-15-31-25)23(29)18(2)3)16-20-7-5-6-8-22(20)19-9-11-21(26)12-10-19/h4-12,18H,1,13-17H2,2-3H3,(H,27,30). The molecule has 31 heavy (non-hydrogen) atoms. The highest BCUT2D eigenvalue weighted by atomic mass is 19.1. The van der Waals surface area contributed by atoms with Crippen LogP contribution in [0.2, 0.25) is 0 Å². The van der Waals surface area contributed by atoms with Crippen LogP contribution in [0.15, 0.2) is 61.2 Å². The molecule has 3 rings (SSSR count). The molecule has 0 saturated carbocycles. The molecule has 5 nitrogen and oxygen atoms in total. The van der Waals surface area contributed by atoms with E-state index in [0.29, 0.717) is 13.1 Å².